The predicted molar refractivity (Wildman–Crippen MR) is 116 cm³/mol. The van der Waals surface area contributed by atoms with Crippen LogP contribution in [0.2, 0.25) is 0 Å². The summed E-state index contributed by atoms with van der Waals surface area (Å²) in [6.45, 7) is 4.02. The molecule has 1 fully saturated rings. The van der Waals surface area contributed by atoms with Gasteiger partial charge in [-0.15, -0.1) is 5.10 Å². The van der Waals surface area contributed by atoms with Crippen LogP contribution in [0.1, 0.15) is 47.3 Å². The van der Waals surface area contributed by atoms with Gasteiger partial charge in [0.1, 0.15) is 6.33 Å². The Hall–Kier alpha value is -4.15. The van der Waals surface area contributed by atoms with Crippen LogP contribution >= 0.6 is 0 Å². The van der Waals surface area contributed by atoms with Gasteiger partial charge in [-0.3, -0.25) is 19.1 Å². The number of tetrazole rings is 1. The third-order valence-corrected chi connectivity index (χ3v) is 5.59. The first-order valence-electron chi connectivity index (χ1n) is 10.3. The normalized spacial score (nSPS) is 13.4. The molecular weight excluding hydrogens is 412 g/mol. The molecule has 4 aromatic rings. The summed E-state index contributed by atoms with van der Waals surface area (Å²) in [5, 5.41) is 14.2. The highest BCUT2D eigenvalue weighted by Crippen LogP contribution is 2.40. The van der Waals surface area contributed by atoms with Crippen molar-refractivity contribution in [3.63, 3.8) is 0 Å². The minimum atomic E-state index is -0.631. The number of aromatic amines is 1. The Morgan fingerprint density at radius 3 is 2.75 bits per heavy atom. The summed E-state index contributed by atoms with van der Waals surface area (Å²) in [4.78, 5) is 45.2. The fraction of sp³-hybridized carbons (Fsp3) is 0.286. The Labute approximate surface area is 181 Å². The molecule has 0 atom stereocenters. The van der Waals surface area contributed by atoms with Crippen molar-refractivity contribution in [2.75, 3.05) is 5.32 Å². The lowest BCUT2D eigenvalue weighted by molar-refractivity contribution is 0.102. The molecule has 5 rings (SSSR count). The van der Waals surface area contributed by atoms with Gasteiger partial charge in [0.2, 0.25) is 0 Å². The average molecular weight is 432 g/mol. The van der Waals surface area contributed by atoms with Crippen molar-refractivity contribution in [2.45, 2.75) is 39.2 Å². The molecule has 1 amide bonds. The van der Waals surface area contributed by atoms with Gasteiger partial charge in [0.25, 0.3) is 11.5 Å². The van der Waals surface area contributed by atoms with Crippen LogP contribution in [-0.2, 0) is 6.54 Å². The molecule has 11 nitrogen and oxygen atoms in total. The first-order valence-corrected chi connectivity index (χ1v) is 10.3. The third-order valence-electron chi connectivity index (χ3n) is 5.59. The first-order chi connectivity index (χ1) is 15.5. The van der Waals surface area contributed by atoms with Crippen LogP contribution in [0.3, 0.4) is 0 Å². The van der Waals surface area contributed by atoms with Crippen LogP contribution in [0.4, 0.5) is 5.69 Å². The number of carbonyl (C=O) groups excluding carboxylic acids is 1. The maximum Gasteiger partial charge on any atom is 0.329 e. The maximum atomic E-state index is 13.3. The lowest BCUT2D eigenvalue weighted by atomic mass is 10.1. The molecule has 162 valence electrons. The Balaban J connectivity index is 1.62. The van der Waals surface area contributed by atoms with E-state index in [4.69, 9.17) is 0 Å². The molecule has 32 heavy (non-hydrogen) atoms. The van der Waals surface area contributed by atoms with E-state index in [0.717, 1.165) is 18.4 Å². The number of pyridine rings is 1. The van der Waals surface area contributed by atoms with Gasteiger partial charge < -0.3 is 5.32 Å². The maximum absolute atomic E-state index is 13.3. The lowest BCUT2D eigenvalue weighted by Gasteiger charge is -2.13. The quantitative estimate of drug-likeness (QED) is 0.487. The van der Waals surface area contributed by atoms with E-state index in [-0.39, 0.29) is 22.5 Å². The second kappa shape index (κ2) is 7.52. The molecular formula is C21H20N8O3. The lowest BCUT2D eigenvalue weighted by Crippen LogP contribution is -2.32. The number of amides is 1. The van der Waals surface area contributed by atoms with E-state index in [1.54, 1.807) is 25.1 Å². The number of carbonyl (C=O) groups is 1. The van der Waals surface area contributed by atoms with Gasteiger partial charge in [0, 0.05) is 23.8 Å². The minimum Gasteiger partial charge on any atom is -0.322 e. The highest BCUT2D eigenvalue weighted by molar-refractivity contribution is 6.12. The van der Waals surface area contributed by atoms with E-state index < -0.39 is 17.2 Å². The standard InChI is InChI=1S/C21H20N8O3/c1-3-28-18-17(20(31)25-21(28)32)14(9-15(24-18)12-5-6-12)19(30)23-13-7-4-11(2)16(8-13)29-10-22-26-27-29/h4,7-10,12H,3,5-6H2,1-2H3,(H,23,30)(H,25,31,32). The minimum absolute atomic E-state index is 0.0983. The second-order valence-electron chi connectivity index (χ2n) is 7.78. The molecule has 0 spiro atoms. The van der Waals surface area contributed by atoms with Gasteiger partial charge in [-0.2, -0.15) is 0 Å². The molecule has 1 saturated carbocycles. The largest absolute Gasteiger partial charge is 0.329 e. The number of nitrogens with zero attached hydrogens (tertiary/aromatic N) is 6. The van der Waals surface area contributed by atoms with E-state index >= 15 is 0 Å². The number of H-pyrrole nitrogens is 1. The number of hydrogen-bond donors (Lipinski definition) is 2. The molecule has 0 radical (unpaired) electrons. The van der Waals surface area contributed by atoms with Crippen LogP contribution in [0.5, 0.6) is 0 Å². The first kappa shape index (κ1) is 19.8. The number of anilines is 1. The number of aryl methyl sites for hydroxylation is 2. The molecule has 0 saturated heterocycles. The van der Waals surface area contributed by atoms with Crippen LogP contribution in [0.25, 0.3) is 16.7 Å². The molecule has 1 aliphatic rings. The van der Waals surface area contributed by atoms with Crippen molar-refractivity contribution in [3.05, 3.63) is 68.3 Å². The molecule has 11 heteroatoms. The van der Waals surface area contributed by atoms with Crippen LogP contribution < -0.4 is 16.6 Å². The number of hydrogen-bond acceptors (Lipinski definition) is 7. The number of aromatic nitrogens is 7. The predicted octanol–water partition coefficient (Wildman–Crippen LogP) is 1.52. The van der Waals surface area contributed by atoms with Crippen molar-refractivity contribution >= 4 is 22.6 Å². The molecule has 1 aromatic carbocycles. The number of benzene rings is 1. The van der Waals surface area contributed by atoms with E-state index in [2.05, 4.69) is 30.8 Å². The second-order valence-corrected chi connectivity index (χ2v) is 7.78. The smallest absolute Gasteiger partial charge is 0.322 e. The Kier molecular flexibility index (Phi) is 4.65. The summed E-state index contributed by atoms with van der Waals surface area (Å²) < 4.78 is 2.88. The Morgan fingerprint density at radius 2 is 2.06 bits per heavy atom. The summed E-state index contributed by atoms with van der Waals surface area (Å²) in [5.41, 5.74) is 2.11. The third kappa shape index (κ3) is 3.37. The van der Waals surface area contributed by atoms with E-state index in [1.807, 2.05) is 13.0 Å². The van der Waals surface area contributed by atoms with Crippen molar-refractivity contribution in [2.24, 2.45) is 0 Å². The zero-order chi connectivity index (χ0) is 22.4. The van der Waals surface area contributed by atoms with E-state index in [9.17, 15) is 14.4 Å². The van der Waals surface area contributed by atoms with Gasteiger partial charge in [-0.1, -0.05) is 6.07 Å². The topological polar surface area (TPSA) is 140 Å². The molecule has 3 aromatic heterocycles. The fourth-order valence-electron chi connectivity index (χ4n) is 3.76. The Morgan fingerprint density at radius 1 is 1.25 bits per heavy atom. The SMILES string of the molecule is CCn1c(=O)[nH]c(=O)c2c(C(=O)Nc3ccc(C)c(-n4cnnn4)c3)cc(C3CC3)nc21. The van der Waals surface area contributed by atoms with Crippen LogP contribution in [-0.4, -0.2) is 40.6 Å². The molecule has 0 aliphatic heterocycles. The molecule has 3 heterocycles. The van der Waals surface area contributed by atoms with Crippen molar-refractivity contribution in [1.29, 1.82) is 0 Å². The monoisotopic (exact) mass is 432 g/mol. The van der Waals surface area contributed by atoms with Crippen molar-refractivity contribution < 1.29 is 4.79 Å². The number of fused-ring (bicyclic) bond motifs is 1. The molecule has 2 N–H and O–H groups in total. The van der Waals surface area contributed by atoms with Crippen LogP contribution in [0, 0.1) is 6.92 Å². The van der Waals surface area contributed by atoms with Gasteiger partial charge >= 0.3 is 5.69 Å². The summed E-state index contributed by atoms with van der Waals surface area (Å²) in [5.74, 6) is -0.228. The van der Waals surface area contributed by atoms with Gasteiger partial charge in [-0.25, -0.2) is 14.5 Å². The van der Waals surface area contributed by atoms with Crippen molar-refractivity contribution in [1.82, 2.24) is 34.7 Å². The van der Waals surface area contributed by atoms with E-state index in [1.165, 1.54) is 15.6 Å². The summed E-state index contributed by atoms with van der Waals surface area (Å²) in [6.07, 6.45) is 3.40. The zero-order valence-electron chi connectivity index (χ0n) is 17.5. The highest BCUT2D eigenvalue weighted by atomic mass is 16.2. The summed E-state index contributed by atoms with van der Waals surface area (Å²) >= 11 is 0. The molecule has 0 bridgehead atoms. The average Bonchev–Trinajstić information content (AvgIpc) is 3.49. The Bertz CT molecular complexity index is 1470. The zero-order valence-corrected chi connectivity index (χ0v) is 17.5. The van der Waals surface area contributed by atoms with Crippen molar-refractivity contribution in [3.8, 4) is 5.69 Å². The summed E-state index contributed by atoms with van der Waals surface area (Å²) in [7, 11) is 0. The van der Waals surface area contributed by atoms with Crippen LogP contribution in [0.15, 0.2) is 40.2 Å². The number of rotatable bonds is 5. The molecule has 0 unspecified atom stereocenters. The van der Waals surface area contributed by atoms with Gasteiger partial charge in [0.05, 0.1) is 16.6 Å². The van der Waals surface area contributed by atoms with Gasteiger partial charge in [-0.05, 0) is 60.9 Å². The fourth-order valence-corrected chi connectivity index (χ4v) is 3.76. The summed E-state index contributed by atoms with van der Waals surface area (Å²) in [6, 6.07) is 7.01. The number of nitrogens with one attached hydrogen (secondary N) is 2. The van der Waals surface area contributed by atoms with E-state index in [0.29, 0.717) is 23.6 Å². The highest BCUT2D eigenvalue weighted by Gasteiger charge is 2.28. The molecule has 1 aliphatic carbocycles. The van der Waals surface area contributed by atoms with Gasteiger partial charge in [0.15, 0.2) is 5.65 Å².